The summed E-state index contributed by atoms with van der Waals surface area (Å²) >= 11 is 2.88. The second-order valence-electron chi connectivity index (χ2n) is 5.93. The summed E-state index contributed by atoms with van der Waals surface area (Å²) < 4.78 is 0. The number of guanidine groups is 1. The van der Waals surface area contributed by atoms with Crippen LogP contribution in [0.2, 0.25) is 0 Å². The van der Waals surface area contributed by atoms with Crippen LogP contribution in [-0.4, -0.2) is 48.1 Å². The predicted octanol–water partition coefficient (Wildman–Crippen LogP) is 2.32. The molecule has 7 nitrogen and oxygen atoms in total. The number of aliphatic hydroxyl groups is 1. The zero-order valence-electron chi connectivity index (χ0n) is 15.6. The van der Waals surface area contributed by atoms with E-state index in [-0.39, 0.29) is 36.4 Å². The van der Waals surface area contributed by atoms with Crippen molar-refractivity contribution in [1.82, 2.24) is 20.9 Å². The van der Waals surface area contributed by atoms with Crippen molar-refractivity contribution in [2.45, 2.75) is 26.4 Å². The van der Waals surface area contributed by atoms with Crippen molar-refractivity contribution in [2.24, 2.45) is 4.99 Å². The second-order valence-corrected chi connectivity index (χ2v) is 7.57. The van der Waals surface area contributed by atoms with Gasteiger partial charge in [0.15, 0.2) is 5.96 Å². The van der Waals surface area contributed by atoms with Gasteiger partial charge < -0.3 is 21.1 Å². The first-order chi connectivity index (χ1) is 12.4. The number of aryl methyl sites for hydroxylation is 1. The molecule has 1 atom stereocenters. The summed E-state index contributed by atoms with van der Waals surface area (Å²) in [5.74, 6) is 0.486. The first-order valence-electron chi connectivity index (χ1n) is 8.39. The standard InChI is InChI=1S/C17H25N5O2S2.HI/c1-4-18-16(21-10-17(3,24)13-5-8-25-9-13)20-7-6-19-15(23)14-12(2)22-11-26-14;/h5,8-9,11,24H,4,6-7,10H2,1-3H3,(H,19,23)(H2,18,20,21);1H. The molecule has 10 heteroatoms. The van der Waals surface area contributed by atoms with Gasteiger partial charge in [0.1, 0.15) is 10.5 Å². The number of aliphatic imine (C=N–C) groups is 1. The topological polar surface area (TPSA) is 98.6 Å². The van der Waals surface area contributed by atoms with E-state index in [1.165, 1.54) is 11.3 Å². The molecule has 1 amide bonds. The minimum absolute atomic E-state index is 0. The third kappa shape index (κ3) is 7.35. The maximum atomic E-state index is 12.0. The van der Waals surface area contributed by atoms with Gasteiger partial charge in [-0.25, -0.2) is 9.98 Å². The SMILES string of the molecule is CCNC(=NCC(C)(O)c1ccsc1)NCCNC(=O)c1scnc1C.I. The maximum Gasteiger partial charge on any atom is 0.263 e. The van der Waals surface area contributed by atoms with Crippen molar-refractivity contribution < 1.29 is 9.90 Å². The molecule has 0 saturated heterocycles. The number of halogens is 1. The van der Waals surface area contributed by atoms with Crippen LogP contribution in [0.5, 0.6) is 0 Å². The fourth-order valence-electron chi connectivity index (χ4n) is 2.19. The Hall–Kier alpha value is -1.24. The molecule has 0 bridgehead atoms. The fourth-order valence-corrected chi connectivity index (χ4v) is 3.70. The molecule has 2 aromatic rings. The molecule has 0 aliphatic heterocycles. The van der Waals surface area contributed by atoms with Gasteiger partial charge in [-0.2, -0.15) is 11.3 Å². The van der Waals surface area contributed by atoms with Crippen molar-refractivity contribution in [3.8, 4) is 0 Å². The van der Waals surface area contributed by atoms with Crippen molar-refractivity contribution in [3.63, 3.8) is 0 Å². The van der Waals surface area contributed by atoms with E-state index >= 15 is 0 Å². The highest BCUT2D eigenvalue weighted by molar-refractivity contribution is 14.0. The Balaban J connectivity index is 0.00000364. The van der Waals surface area contributed by atoms with Crippen LogP contribution in [0.15, 0.2) is 27.3 Å². The smallest absolute Gasteiger partial charge is 0.263 e. The number of nitrogens with zero attached hydrogens (tertiary/aromatic N) is 2. The summed E-state index contributed by atoms with van der Waals surface area (Å²) in [4.78, 5) is 21.2. The van der Waals surface area contributed by atoms with Gasteiger partial charge >= 0.3 is 0 Å². The number of carbonyl (C=O) groups is 1. The van der Waals surface area contributed by atoms with Gasteiger partial charge in [-0.15, -0.1) is 35.3 Å². The monoisotopic (exact) mass is 523 g/mol. The molecule has 150 valence electrons. The van der Waals surface area contributed by atoms with E-state index in [2.05, 4.69) is 25.9 Å². The minimum Gasteiger partial charge on any atom is -0.383 e. The number of hydrogen-bond acceptors (Lipinski definition) is 6. The summed E-state index contributed by atoms with van der Waals surface area (Å²) in [6.45, 7) is 7.48. The number of thiazole rings is 1. The highest BCUT2D eigenvalue weighted by Crippen LogP contribution is 2.23. The number of carbonyl (C=O) groups excluding carboxylic acids is 1. The van der Waals surface area contributed by atoms with Crippen LogP contribution in [0.4, 0.5) is 0 Å². The molecule has 0 radical (unpaired) electrons. The van der Waals surface area contributed by atoms with Crippen molar-refractivity contribution in [3.05, 3.63) is 38.5 Å². The Morgan fingerprint density at radius 1 is 1.33 bits per heavy atom. The zero-order valence-corrected chi connectivity index (χ0v) is 19.6. The Kier molecular flexibility index (Phi) is 10.2. The third-order valence-electron chi connectivity index (χ3n) is 3.69. The van der Waals surface area contributed by atoms with Crippen molar-refractivity contribution in [1.29, 1.82) is 0 Å². The van der Waals surface area contributed by atoms with Gasteiger partial charge in [-0.3, -0.25) is 4.79 Å². The predicted molar refractivity (Wildman–Crippen MR) is 122 cm³/mol. The summed E-state index contributed by atoms with van der Waals surface area (Å²) in [7, 11) is 0. The molecule has 0 saturated carbocycles. The molecule has 0 fully saturated rings. The van der Waals surface area contributed by atoms with E-state index in [1.54, 1.807) is 23.8 Å². The van der Waals surface area contributed by atoms with Gasteiger partial charge in [-0.05, 0) is 43.2 Å². The first kappa shape index (κ1) is 23.8. The quantitative estimate of drug-likeness (QED) is 0.184. The van der Waals surface area contributed by atoms with Crippen LogP contribution in [0.3, 0.4) is 0 Å². The molecule has 1 unspecified atom stereocenters. The van der Waals surface area contributed by atoms with Crippen LogP contribution < -0.4 is 16.0 Å². The summed E-state index contributed by atoms with van der Waals surface area (Å²) in [5.41, 5.74) is 2.25. The van der Waals surface area contributed by atoms with Gasteiger partial charge in [0.2, 0.25) is 0 Å². The van der Waals surface area contributed by atoms with Gasteiger partial charge in [0.25, 0.3) is 5.91 Å². The Labute approximate surface area is 184 Å². The molecule has 2 heterocycles. The molecule has 2 aromatic heterocycles. The molecule has 0 spiro atoms. The second kappa shape index (κ2) is 11.6. The van der Waals surface area contributed by atoms with Gasteiger partial charge in [0.05, 0.1) is 17.7 Å². The van der Waals surface area contributed by atoms with Gasteiger partial charge in [-0.1, -0.05) is 0 Å². The van der Waals surface area contributed by atoms with E-state index in [1.807, 2.05) is 30.7 Å². The highest BCUT2D eigenvalue weighted by Gasteiger charge is 2.23. The van der Waals surface area contributed by atoms with Gasteiger partial charge in [0, 0.05) is 19.6 Å². The average Bonchev–Trinajstić information content (AvgIpc) is 3.28. The molecular formula is C17H26IN5O2S2. The molecule has 27 heavy (non-hydrogen) atoms. The molecule has 0 aliphatic carbocycles. The fraction of sp³-hybridized carbons (Fsp3) is 0.471. The average molecular weight is 523 g/mol. The number of rotatable bonds is 8. The van der Waals surface area contributed by atoms with Crippen LogP contribution in [0.25, 0.3) is 0 Å². The summed E-state index contributed by atoms with van der Waals surface area (Å²) in [6, 6.07) is 1.90. The first-order valence-corrected chi connectivity index (χ1v) is 10.2. The van der Waals surface area contributed by atoms with E-state index < -0.39 is 5.60 Å². The number of nitrogens with one attached hydrogen (secondary N) is 3. The lowest BCUT2D eigenvalue weighted by atomic mass is 10.00. The maximum absolute atomic E-state index is 12.0. The van der Waals surface area contributed by atoms with E-state index in [0.717, 1.165) is 11.3 Å². The highest BCUT2D eigenvalue weighted by atomic mass is 127. The summed E-state index contributed by atoms with van der Waals surface area (Å²) in [5, 5.41) is 23.6. The van der Waals surface area contributed by atoms with E-state index in [9.17, 15) is 9.90 Å². The lowest BCUT2D eigenvalue weighted by molar-refractivity contribution is 0.0677. The largest absolute Gasteiger partial charge is 0.383 e. The number of aromatic nitrogens is 1. The zero-order chi connectivity index (χ0) is 19.0. The normalized spacial score (nSPS) is 13.4. The van der Waals surface area contributed by atoms with E-state index in [4.69, 9.17) is 0 Å². The Morgan fingerprint density at radius 2 is 2.07 bits per heavy atom. The Bertz CT molecular complexity index is 732. The molecule has 0 aromatic carbocycles. The van der Waals surface area contributed by atoms with Crippen LogP contribution >= 0.6 is 46.7 Å². The number of amides is 1. The molecule has 4 N–H and O–H groups in total. The van der Waals surface area contributed by atoms with E-state index in [0.29, 0.717) is 30.5 Å². The Morgan fingerprint density at radius 3 is 2.67 bits per heavy atom. The lowest BCUT2D eigenvalue weighted by Gasteiger charge is -2.21. The number of hydrogen-bond donors (Lipinski definition) is 4. The minimum atomic E-state index is -1.01. The number of thiophene rings is 1. The summed E-state index contributed by atoms with van der Waals surface area (Å²) in [6.07, 6.45) is 0. The third-order valence-corrected chi connectivity index (χ3v) is 5.30. The molecule has 2 rings (SSSR count). The van der Waals surface area contributed by atoms with Crippen LogP contribution in [0.1, 0.15) is 34.8 Å². The van der Waals surface area contributed by atoms with Crippen LogP contribution in [0, 0.1) is 6.92 Å². The van der Waals surface area contributed by atoms with Crippen LogP contribution in [-0.2, 0) is 5.60 Å². The lowest BCUT2D eigenvalue weighted by Crippen LogP contribution is -2.42. The van der Waals surface area contributed by atoms with Crippen molar-refractivity contribution >= 4 is 58.5 Å². The molecular weight excluding hydrogens is 497 g/mol. The van der Waals surface area contributed by atoms with Crippen molar-refractivity contribution in [2.75, 3.05) is 26.2 Å². The molecule has 0 aliphatic rings.